The van der Waals surface area contributed by atoms with Gasteiger partial charge in [-0.2, -0.15) is 13.5 Å². The Balaban J connectivity index is 0.00000225. The smallest absolute Gasteiger partial charge is 0.871 e. The summed E-state index contributed by atoms with van der Waals surface area (Å²) in [6.07, 6.45) is 0. The second-order valence-corrected chi connectivity index (χ2v) is 7.39. The van der Waals surface area contributed by atoms with Gasteiger partial charge in [-0.05, 0) is 29.0 Å². The number of hydrogen-bond acceptors (Lipinski definition) is 5. The molecule has 0 bridgehead atoms. The maximum atomic E-state index is 12.3. The topological polar surface area (TPSA) is 102 Å². The predicted octanol–water partition coefficient (Wildman–Crippen LogP) is 1.73. The van der Waals surface area contributed by atoms with Crippen molar-refractivity contribution in [2.24, 2.45) is 10.2 Å². The van der Waals surface area contributed by atoms with Crippen molar-refractivity contribution in [3.63, 3.8) is 0 Å². The molecule has 0 aliphatic heterocycles. The fourth-order valence-corrected chi connectivity index (χ4v) is 3.45. The van der Waals surface area contributed by atoms with E-state index in [0.717, 1.165) is 10.8 Å². The van der Waals surface area contributed by atoms with Crippen LogP contribution in [0.2, 0.25) is 0 Å². The molecule has 4 aromatic carbocycles. The van der Waals surface area contributed by atoms with Gasteiger partial charge >= 0.3 is 29.6 Å². The predicted molar refractivity (Wildman–Crippen MR) is 101 cm³/mol. The summed E-state index contributed by atoms with van der Waals surface area (Å²) in [6, 6.07) is 20.1. The Hall–Kier alpha value is -2.29. The van der Waals surface area contributed by atoms with Crippen molar-refractivity contribution in [1.29, 1.82) is 0 Å². The largest absolute Gasteiger partial charge is 1.00 e. The Morgan fingerprint density at radius 3 is 2.32 bits per heavy atom. The number of benzene rings is 4. The molecule has 134 valence electrons. The Labute approximate surface area is 183 Å². The van der Waals surface area contributed by atoms with Crippen LogP contribution in [0.5, 0.6) is 5.75 Å². The molecule has 8 heteroatoms. The molecule has 0 saturated carbocycles. The van der Waals surface area contributed by atoms with Gasteiger partial charge in [-0.1, -0.05) is 60.3 Å². The van der Waals surface area contributed by atoms with Gasteiger partial charge in [0.15, 0.2) is 0 Å². The van der Waals surface area contributed by atoms with Crippen molar-refractivity contribution in [3.05, 3.63) is 72.8 Å². The second kappa shape index (κ2) is 7.98. The molecule has 0 fully saturated rings. The summed E-state index contributed by atoms with van der Waals surface area (Å²) >= 11 is 0. The molecule has 0 aliphatic carbocycles. The molecular weight excluding hydrogens is 387 g/mol. The molecule has 1 N–H and O–H groups in total. The van der Waals surface area contributed by atoms with Gasteiger partial charge < -0.3 is 5.11 Å². The number of rotatable bonds is 3. The molecule has 0 unspecified atom stereocenters. The van der Waals surface area contributed by atoms with Crippen LogP contribution in [0.4, 0.5) is 11.4 Å². The molecule has 4 aromatic rings. The summed E-state index contributed by atoms with van der Waals surface area (Å²) in [7, 11) is -4.33. The molecule has 0 aromatic heterocycles. The van der Waals surface area contributed by atoms with E-state index < -0.39 is 10.1 Å². The van der Waals surface area contributed by atoms with Gasteiger partial charge in [0.05, 0.1) is 16.3 Å². The van der Waals surface area contributed by atoms with E-state index in [9.17, 15) is 18.1 Å². The first kappa shape index (κ1) is 20.4. The van der Waals surface area contributed by atoms with Crippen LogP contribution in [0.3, 0.4) is 0 Å². The van der Waals surface area contributed by atoms with Gasteiger partial charge in [0.1, 0.15) is 0 Å². The van der Waals surface area contributed by atoms with Crippen LogP contribution < -0.4 is 34.7 Å². The fourth-order valence-electron chi connectivity index (χ4n) is 2.93. The van der Waals surface area contributed by atoms with Gasteiger partial charge in [0.2, 0.25) is 0 Å². The Morgan fingerprint density at radius 2 is 1.54 bits per heavy atom. The summed E-state index contributed by atoms with van der Waals surface area (Å²) in [5, 5.41) is 23.5. The average Bonchev–Trinajstić information content (AvgIpc) is 2.66. The minimum atomic E-state index is -4.33. The van der Waals surface area contributed by atoms with E-state index in [-0.39, 0.29) is 45.9 Å². The zero-order chi connectivity index (χ0) is 19.0. The third-order valence-corrected chi connectivity index (χ3v) is 5.10. The van der Waals surface area contributed by atoms with Crippen molar-refractivity contribution in [3.8, 4) is 5.75 Å². The number of nitrogens with zero attached hydrogens (tertiary/aromatic N) is 2. The van der Waals surface area contributed by atoms with Gasteiger partial charge in [-0.3, -0.25) is 4.55 Å². The van der Waals surface area contributed by atoms with E-state index in [4.69, 9.17) is 0 Å². The van der Waals surface area contributed by atoms with E-state index in [2.05, 4.69) is 10.2 Å². The van der Waals surface area contributed by atoms with E-state index in [0.29, 0.717) is 16.5 Å². The second-order valence-electron chi connectivity index (χ2n) is 5.97. The van der Waals surface area contributed by atoms with Gasteiger partial charge in [-0.25, -0.2) is 0 Å². The number of hydrogen-bond donors (Lipinski definition) is 1. The third-order valence-electron chi connectivity index (χ3n) is 4.25. The summed E-state index contributed by atoms with van der Waals surface area (Å²) < 4.78 is 31.8. The van der Waals surface area contributed by atoms with Crippen LogP contribution in [0.15, 0.2) is 87.9 Å². The van der Waals surface area contributed by atoms with Crippen LogP contribution in [-0.2, 0) is 10.1 Å². The summed E-state index contributed by atoms with van der Waals surface area (Å²) in [4.78, 5) is -0.245. The van der Waals surface area contributed by atoms with Crippen LogP contribution in [0, 0.1) is 0 Å². The van der Waals surface area contributed by atoms with Gasteiger partial charge in [0, 0.05) is 10.8 Å². The third kappa shape index (κ3) is 3.94. The maximum Gasteiger partial charge on any atom is 1.00 e. The Kier molecular flexibility index (Phi) is 5.83. The zero-order valence-corrected chi connectivity index (χ0v) is 17.7. The zero-order valence-electron chi connectivity index (χ0n) is 14.9. The Morgan fingerprint density at radius 1 is 0.786 bits per heavy atom. The van der Waals surface area contributed by atoms with E-state index in [1.807, 2.05) is 36.4 Å². The van der Waals surface area contributed by atoms with Gasteiger partial charge in [0.25, 0.3) is 10.1 Å². The average molecular weight is 400 g/mol. The van der Waals surface area contributed by atoms with E-state index in [1.165, 1.54) is 30.3 Å². The molecule has 4 rings (SSSR count). The first-order valence-corrected chi connectivity index (χ1v) is 9.48. The normalized spacial score (nSPS) is 11.8. The van der Waals surface area contributed by atoms with Gasteiger partial charge in [-0.15, -0.1) is 5.11 Å². The van der Waals surface area contributed by atoms with Crippen molar-refractivity contribution >= 4 is 43.0 Å². The monoisotopic (exact) mass is 400 g/mol. The van der Waals surface area contributed by atoms with E-state index >= 15 is 0 Å². The molecule has 0 amide bonds. The molecule has 0 spiro atoms. The van der Waals surface area contributed by atoms with Crippen LogP contribution in [0.1, 0.15) is 0 Å². The number of fused-ring (bicyclic) bond motifs is 2. The summed E-state index contributed by atoms with van der Waals surface area (Å²) in [5.41, 5.74) is 0.737. The van der Waals surface area contributed by atoms with Crippen molar-refractivity contribution < 1.29 is 47.6 Å². The minimum Gasteiger partial charge on any atom is -0.871 e. The van der Waals surface area contributed by atoms with Crippen LogP contribution in [-0.4, -0.2) is 13.0 Å². The van der Waals surface area contributed by atoms with E-state index in [1.54, 1.807) is 6.07 Å². The molecule has 0 atom stereocenters. The molecule has 0 saturated heterocycles. The van der Waals surface area contributed by atoms with Crippen LogP contribution in [0.25, 0.3) is 21.5 Å². The number of azo groups is 1. The standard InChI is InChI=1S/C20H14N2O4S.Na/c23-19-11-8-14-12-15(27(24,25)26)9-10-17(14)20(19)22-21-18-7-3-5-13-4-1-2-6-16(13)18;/h1-12,23H,(H,24,25,26);/q;+1/p-1. The first-order chi connectivity index (χ1) is 12.9. The maximum absolute atomic E-state index is 12.3. The van der Waals surface area contributed by atoms with Crippen molar-refractivity contribution in [1.82, 2.24) is 0 Å². The quantitative estimate of drug-likeness (QED) is 0.321. The molecule has 6 nitrogen and oxygen atoms in total. The molecule has 0 aliphatic rings. The summed E-state index contributed by atoms with van der Waals surface area (Å²) in [5.74, 6) is -0.328. The molecule has 0 heterocycles. The SMILES string of the molecule is O=S(=O)(O)c1ccc2c(N=Nc3cccc4ccccc34)c([O-])ccc2c1.[Na+]. The van der Waals surface area contributed by atoms with Crippen molar-refractivity contribution in [2.75, 3.05) is 0 Å². The molecule has 28 heavy (non-hydrogen) atoms. The molecular formula is C20H13N2NaO4S. The Bertz CT molecular complexity index is 1320. The first-order valence-electron chi connectivity index (χ1n) is 8.04. The van der Waals surface area contributed by atoms with Crippen molar-refractivity contribution in [2.45, 2.75) is 4.90 Å². The summed E-state index contributed by atoms with van der Waals surface area (Å²) in [6.45, 7) is 0. The fraction of sp³-hybridized carbons (Fsp3) is 0. The molecule has 0 radical (unpaired) electrons. The minimum absolute atomic E-state index is 0. The van der Waals surface area contributed by atoms with Crippen LogP contribution >= 0.6 is 0 Å².